The van der Waals surface area contributed by atoms with Gasteiger partial charge < -0.3 is 15.1 Å². The highest BCUT2D eigenvalue weighted by Gasteiger charge is 2.25. The maximum absolute atomic E-state index is 12.6. The van der Waals surface area contributed by atoms with Crippen molar-refractivity contribution in [2.45, 2.75) is 26.4 Å². The first-order valence-electron chi connectivity index (χ1n) is 8.61. The highest BCUT2D eigenvalue weighted by molar-refractivity contribution is 6.03. The molecule has 3 aromatic heterocycles. The fourth-order valence-corrected chi connectivity index (χ4v) is 2.67. The molecule has 0 aliphatic heterocycles. The zero-order valence-electron chi connectivity index (χ0n) is 15.9. The molecule has 2 N–H and O–H groups in total. The molecule has 3 aromatic rings. The van der Waals surface area contributed by atoms with Gasteiger partial charge in [-0.3, -0.25) is 29.1 Å². The zero-order valence-corrected chi connectivity index (χ0v) is 15.9. The highest BCUT2D eigenvalue weighted by atomic mass is 16.6. The Balaban J connectivity index is 1.73. The van der Waals surface area contributed by atoms with E-state index in [4.69, 9.17) is 4.42 Å². The van der Waals surface area contributed by atoms with Crippen molar-refractivity contribution in [3.8, 4) is 0 Å². The molecule has 0 bridgehead atoms. The standard InChI is InChI=1S/C17H19N7O5/c1-10-14(24(27)28)9-23(21-10)11(2)16(25)20-13-8-19-22(3)15(13)17(26)18-7-12-5-4-6-29-12/h4-6,8-9,11H,7H2,1-3H3,(H,18,26)(H,20,25). The van der Waals surface area contributed by atoms with Gasteiger partial charge in [0.1, 0.15) is 29.4 Å². The number of aryl methyl sites for hydroxylation is 2. The van der Waals surface area contributed by atoms with Crippen molar-refractivity contribution in [2.24, 2.45) is 7.05 Å². The molecular formula is C17H19N7O5. The minimum atomic E-state index is -0.846. The van der Waals surface area contributed by atoms with E-state index in [1.165, 1.54) is 34.9 Å². The Morgan fingerprint density at radius 2 is 2.17 bits per heavy atom. The van der Waals surface area contributed by atoms with Gasteiger partial charge in [0.2, 0.25) is 5.91 Å². The number of aromatic nitrogens is 4. The summed E-state index contributed by atoms with van der Waals surface area (Å²) in [6.07, 6.45) is 4.04. The van der Waals surface area contributed by atoms with E-state index in [-0.39, 0.29) is 29.3 Å². The van der Waals surface area contributed by atoms with Crippen LogP contribution in [0.3, 0.4) is 0 Å². The predicted molar refractivity (Wildman–Crippen MR) is 100 cm³/mol. The van der Waals surface area contributed by atoms with Crippen LogP contribution >= 0.6 is 0 Å². The quantitative estimate of drug-likeness (QED) is 0.450. The van der Waals surface area contributed by atoms with Gasteiger partial charge in [-0.05, 0) is 26.0 Å². The lowest BCUT2D eigenvalue weighted by molar-refractivity contribution is -0.385. The van der Waals surface area contributed by atoms with Gasteiger partial charge in [0, 0.05) is 7.05 Å². The number of nitro groups is 1. The van der Waals surface area contributed by atoms with Gasteiger partial charge in [-0.1, -0.05) is 0 Å². The first-order chi connectivity index (χ1) is 13.8. The average molecular weight is 401 g/mol. The Bertz CT molecular complexity index is 1050. The van der Waals surface area contributed by atoms with Crippen molar-refractivity contribution >= 4 is 23.2 Å². The van der Waals surface area contributed by atoms with E-state index in [1.807, 2.05) is 0 Å². The van der Waals surface area contributed by atoms with Crippen LogP contribution in [0.1, 0.15) is 34.9 Å². The molecule has 1 unspecified atom stereocenters. The number of nitrogens with one attached hydrogen (secondary N) is 2. The summed E-state index contributed by atoms with van der Waals surface area (Å²) in [5.41, 5.74) is 0.387. The largest absolute Gasteiger partial charge is 0.467 e. The molecule has 152 valence electrons. The SMILES string of the molecule is Cc1nn(C(C)C(=O)Nc2cnn(C)c2C(=O)NCc2ccco2)cc1[N+](=O)[O-]. The molecule has 12 nitrogen and oxygen atoms in total. The summed E-state index contributed by atoms with van der Waals surface area (Å²) in [5.74, 6) is -0.374. The molecule has 0 radical (unpaired) electrons. The van der Waals surface area contributed by atoms with E-state index in [0.717, 1.165) is 0 Å². The third-order valence-corrected chi connectivity index (χ3v) is 4.28. The van der Waals surface area contributed by atoms with Crippen LogP contribution in [0.15, 0.2) is 35.2 Å². The van der Waals surface area contributed by atoms with Gasteiger partial charge in [0.15, 0.2) is 0 Å². The Morgan fingerprint density at radius 3 is 2.79 bits per heavy atom. The van der Waals surface area contributed by atoms with Crippen LogP contribution in [0.25, 0.3) is 0 Å². The molecule has 3 heterocycles. The zero-order chi connectivity index (χ0) is 21.1. The topological polar surface area (TPSA) is 150 Å². The molecule has 2 amide bonds. The summed E-state index contributed by atoms with van der Waals surface area (Å²) in [7, 11) is 1.57. The molecule has 0 saturated carbocycles. The number of furan rings is 1. The Kier molecular flexibility index (Phi) is 5.43. The van der Waals surface area contributed by atoms with Crippen LogP contribution in [-0.2, 0) is 18.4 Å². The van der Waals surface area contributed by atoms with Gasteiger partial charge in [0.25, 0.3) is 5.91 Å². The highest BCUT2D eigenvalue weighted by Crippen LogP contribution is 2.20. The summed E-state index contributed by atoms with van der Waals surface area (Å²) in [5, 5.41) is 24.3. The lowest BCUT2D eigenvalue weighted by Gasteiger charge is -2.13. The number of hydrogen-bond donors (Lipinski definition) is 2. The minimum absolute atomic E-state index is 0.153. The number of carbonyl (C=O) groups is 2. The number of amides is 2. The van der Waals surface area contributed by atoms with Crippen LogP contribution in [0.2, 0.25) is 0 Å². The maximum Gasteiger partial charge on any atom is 0.309 e. The summed E-state index contributed by atoms with van der Waals surface area (Å²) in [4.78, 5) is 35.5. The molecule has 0 saturated heterocycles. The summed E-state index contributed by atoms with van der Waals surface area (Å²) in [6, 6.07) is 2.58. The molecule has 29 heavy (non-hydrogen) atoms. The first kappa shape index (κ1) is 19.8. The van der Waals surface area contributed by atoms with Crippen molar-refractivity contribution < 1.29 is 18.9 Å². The van der Waals surface area contributed by atoms with Crippen LogP contribution in [0.5, 0.6) is 0 Å². The number of anilines is 1. The molecule has 0 fully saturated rings. The van der Waals surface area contributed by atoms with E-state index < -0.39 is 22.8 Å². The van der Waals surface area contributed by atoms with E-state index in [1.54, 1.807) is 26.1 Å². The van der Waals surface area contributed by atoms with Gasteiger partial charge in [0.05, 0.1) is 29.6 Å². The smallest absolute Gasteiger partial charge is 0.309 e. The normalized spacial score (nSPS) is 11.8. The monoisotopic (exact) mass is 401 g/mol. The maximum atomic E-state index is 12.6. The molecule has 0 spiro atoms. The summed E-state index contributed by atoms with van der Waals surface area (Å²) in [6.45, 7) is 3.21. The second-order valence-corrected chi connectivity index (χ2v) is 6.29. The Labute approximate surface area is 164 Å². The van der Waals surface area contributed by atoms with Crippen LogP contribution < -0.4 is 10.6 Å². The summed E-state index contributed by atoms with van der Waals surface area (Å²) >= 11 is 0. The minimum Gasteiger partial charge on any atom is -0.467 e. The van der Waals surface area contributed by atoms with Gasteiger partial charge in [-0.25, -0.2) is 0 Å². The van der Waals surface area contributed by atoms with Crippen molar-refractivity contribution in [1.82, 2.24) is 24.9 Å². The molecule has 12 heteroatoms. The van der Waals surface area contributed by atoms with Crippen molar-refractivity contribution in [3.63, 3.8) is 0 Å². The van der Waals surface area contributed by atoms with E-state index in [2.05, 4.69) is 20.8 Å². The first-order valence-corrected chi connectivity index (χ1v) is 8.61. The Morgan fingerprint density at radius 1 is 1.41 bits per heavy atom. The fourth-order valence-electron chi connectivity index (χ4n) is 2.67. The fraction of sp³-hybridized carbons (Fsp3) is 0.294. The number of rotatable bonds is 7. The van der Waals surface area contributed by atoms with Gasteiger partial charge in [-0.2, -0.15) is 10.2 Å². The van der Waals surface area contributed by atoms with E-state index >= 15 is 0 Å². The lowest BCUT2D eigenvalue weighted by Crippen LogP contribution is -2.28. The third kappa shape index (κ3) is 4.15. The second-order valence-electron chi connectivity index (χ2n) is 6.29. The number of carbonyl (C=O) groups excluding carboxylic acids is 2. The summed E-state index contributed by atoms with van der Waals surface area (Å²) < 4.78 is 7.71. The van der Waals surface area contributed by atoms with Crippen LogP contribution in [0, 0.1) is 17.0 Å². The van der Waals surface area contributed by atoms with E-state index in [9.17, 15) is 19.7 Å². The molecule has 0 aromatic carbocycles. The van der Waals surface area contributed by atoms with Crippen LogP contribution in [-0.4, -0.2) is 36.3 Å². The molecular weight excluding hydrogens is 382 g/mol. The molecule has 0 aliphatic carbocycles. The van der Waals surface area contributed by atoms with Crippen molar-refractivity contribution in [2.75, 3.05) is 5.32 Å². The average Bonchev–Trinajstić information content (AvgIpc) is 3.39. The van der Waals surface area contributed by atoms with Crippen molar-refractivity contribution in [1.29, 1.82) is 0 Å². The molecule has 3 rings (SSSR count). The van der Waals surface area contributed by atoms with Gasteiger partial charge in [-0.15, -0.1) is 0 Å². The van der Waals surface area contributed by atoms with E-state index in [0.29, 0.717) is 5.76 Å². The predicted octanol–water partition coefficient (Wildman–Crippen LogP) is 1.56. The van der Waals surface area contributed by atoms with Crippen molar-refractivity contribution in [3.05, 3.63) is 58.1 Å². The number of hydrogen-bond acceptors (Lipinski definition) is 7. The second kappa shape index (κ2) is 7.96. The molecule has 1 atom stereocenters. The van der Waals surface area contributed by atoms with Gasteiger partial charge >= 0.3 is 5.69 Å². The number of nitrogens with zero attached hydrogens (tertiary/aromatic N) is 5. The Hall–Kier alpha value is -3.96. The van der Waals surface area contributed by atoms with Crippen LogP contribution in [0.4, 0.5) is 11.4 Å². The lowest BCUT2D eigenvalue weighted by atomic mass is 10.2. The third-order valence-electron chi connectivity index (χ3n) is 4.28. The molecule has 0 aliphatic rings.